The van der Waals surface area contributed by atoms with E-state index >= 15 is 0 Å². The van der Waals surface area contributed by atoms with E-state index in [-0.39, 0.29) is 11.9 Å². The maximum atomic E-state index is 11.9. The van der Waals surface area contributed by atoms with Crippen molar-refractivity contribution in [3.8, 4) is 0 Å². The number of hydrogen-bond donors (Lipinski definition) is 1. The molecule has 1 heterocycles. The lowest BCUT2D eigenvalue weighted by Crippen LogP contribution is -2.42. The number of hydrogen-bond acceptors (Lipinski definition) is 4. The molecule has 0 radical (unpaired) electrons. The zero-order chi connectivity index (χ0) is 13.7. The van der Waals surface area contributed by atoms with Gasteiger partial charge in [-0.2, -0.15) is 0 Å². The van der Waals surface area contributed by atoms with Crippen LogP contribution in [0.1, 0.15) is 48.7 Å². The minimum atomic E-state index is -0.739. The van der Waals surface area contributed by atoms with Gasteiger partial charge in [-0.05, 0) is 31.2 Å². The largest absolute Gasteiger partial charge is 0.448 e. The molecule has 1 amide bonds. The minimum Gasteiger partial charge on any atom is -0.448 e. The lowest BCUT2D eigenvalue weighted by molar-refractivity contribution is -0.130. The molecule has 1 aromatic rings. The first-order chi connectivity index (χ1) is 9.16. The van der Waals surface area contributed by atoms with E-state index in [1.807, 2.05) is 5.38 Å². The Morgan fingerprint density at radius 2 is 2.11 bits per heavy atom. The fourth-order valence-corrected chi connectivity index (χ4v) is 2.84. The number of amides is 1. The molecule has 1 saturated carbocycles. The van der Waals surface area contributed by atoms with Crippen LogP contribution < -0.4 is 5.32 Å². The first-order valence-electron chi connectivity index (χ1n) is 6.71. The second kappa shape index (κ2) is 6.70. The normalized spacial score (nSPS) is 17.7. The molecule has 2 rings (SSSR count). The van der Waals surface area contributed by atoms with Gasteiger partial charge >= 0.3 is 5.97 Å². The van der Waals surface area contributed by atoms with E-state index in [4.69, 9.17) is 4.74 Å². The summed E-state index contributed by atoms with van der Waals surface area (Å²) in [4.78, 5) is 24.2. The lowest BCUT2D eigenvalue weighted by Gasteiger charge is -2.24. The van der Waals surface area contributed by atoms with Gasteiger partial charge in [-0.3, -0.25) is 4.79 Å². The average Bonchev–Trinajstić information content (AvgIpc) is 2.93. The Hall–Kier alpha value is -1.36. The van der Waals surface area contributed by atoms with Gasteiger partial charge in [-0.1, -0.05) is 25.3 Å². The van der Waals surface area contributed by atoms with Gasteiger partial charge < -0.3 is 10.1 Å². The SMILES string of the molecule is C[C@H](OC(=O)c1cccs1)C(=O)NC1CCCCC1. The van der Waals surface area contributed by atoms with Gasteiger partial charge in [0.15, 0.2) is 6.10 Å². The summed E-state index contributed by atoms with van der Waals surface area (Å²) in [7, 11) is 0. The van der Waals surface area contributed by atoms with Crippen molar-refractivity contribution in [3.05, 3.63) is 22.4 Å². The Morgan fingerprint density at radius 3 is 2.74 bits per heavy atom. The zero-order valence-electron chi connectivity index (χ0n) is 11.1. The number of carbonyl (C=O) groups excluding carboxylic acids is 2. The molecular weight excluding hydrogens is 262 g/mol. The molecule has 1 aliphatic rings. The topological polar surface area (TPSA) is 55.4 Å². The van der Waals surface area contributed by atoms with Crippen LogP contribution in [0.15, 0.2) is 17.5 Å². The van der Waals surface area contributed by atoms with Crippen molar-refractivity contribution in [2.75, 3.05) is 0 Å². The van der Waals surface area contributed by atoms with Crippen molar-refractivity contribution in [1.82, 2.24) is 5.32 Å². The van der Waals surface area contributed by atoms with Gasteiger partial charge in [0, 0.05) is 6.04 Å². The van der Waals surface area contributed by atoms with Crippen LogP contribution in [0, 0.1) is 0 Å². The fourth-order valence-electron chi connectivity index (χ4n) is 2.23. The highest BCUT2D eigenvalue weighted by Gasteiger charge is 2.22. The third kappa shape index (κ3) is 4.06. The number of thiophene rings is 1. The van der Waals surface area contributed by atoms with E-state index in [1.54, 1.807) is 19.1 Å². The summed E-state index contributed by atoms with van der Waals surface area (Å²) in [5, 5.41) is 4.77. The smallest absolute Gasteiger partial charge is 0.349 e. The second-order valence-electron chi connectivity index (χ2n) is 4.87. The summed E-state index contributed by atoms with van der Waals surface area (Å²) in [6.45, 7) is 1.61. The molecule has 1 fully saturated rings. The van der Waals surface area contributed by atoms with Gasteiger partial charge in [0.2, 0.25) is 0 Å². The number of rotatable bonds is 4. The summed E-state index contributed by atoms with van der Waals surface area (Å²) in [5.74, 6) is -0.627. The van der Waals surface area contributed by atoms with Gasteiger partial charge in [-0.25, -0.2) is 4.79 Å². The van der Waals surface area contributed by atoms with Gasteiger partial charge in [-0.15, -0.1) is 11.3 Å². The molecule has 0 aromatic carbocycles. The molecule has 4 nitrogen and oxygen atoms in total. The summed E-state index contributed by atoms with van der Waals surface area (Å²) in [6, 6.07) is 3.72. The quantitative estimate of drug-likeness (QED) is 0.863. The third-order valence-corrected chi connectivity index (χ3v) is 4.18. The summed E-state index contributed by atoms with van der Waals surface area (Å²) in [5.41, 5.74) is 0. The molecule has 104 valence electrons. The van der Waals surface area contributed by atoms with Crippen LogP contribution in [-0.2, 0) is 9.53 Å². The van der Waals surface area contributed by atoms with Crippen LogP contribution in [0.2, 0.25) is 0 Å². The van der Waals surface area contributed by atoms with Crippen molar-refractivity contribution in [2.45, 2.75) is 51.2 Å². The molecular formula is C14H19NO3S. The first kappa shape index (κ1) is 14.1. The van der Waals surface area contributed by atoms with E-state index in [9.17, 15) is 9.59 Å². The third-order valence-electron chi connectivity index (χ3n) is 3.33. The van der Waals surface area contributed by atoms with Crippen molar-refractivity contribution in [1.29, 1.82) is 0 Å². The Kier molecular flexibility index (Phi) is 4.96. The van der Waals surface area contributed by atoms with Crippen LogP contribution in [0.5, 0.6) is 0 Å². The van der Waals surface area contributed by atoms with Crippen LogP contribution in [0.25, 0.3) is 0 Å². The number of esters is 1. The average molecular weight is 281 g/mol. The lowest BCUT2D eigenvalue weighted by atomic mass is 9.95. The molecule has 1 N–H and O–H groups in total. The van der Waals surface area contributed by atoms with Crippen LogP contribution in [0.4, 0.5) is 0 Å². The van der Waals surface area contributed by atoms with Gasteiger partial charge in [0.1, 0.15) is 4.88 Å². The van der Waals surface area contributed by atoms with E-state index in [2.05, 4.69) is 5.32 Å². The first-order valence-corrected chi connectivity index (χ1v) is 7.59. The number of ether oxygens (including phenoxy) is 1. The fraction of sp³-hybridized carbons (Fsp3) is 0.571. The Balaban J connectivity index is 1.80. The number of nitrogens with one attached hydrogen (secondary N) is 1. The summed E-state index contributed by atoms with van der Waals surface area (Å²) in [6.07, 6.45) is 4.88. The molecule has 19 heavy (non-hydrogen) atoms. The predicted molar refractivity (Wildman–Crippen MR) is 74.2 cm³/mol. The summed E-state index contributed by atoms with van der Waals surface area (Å²) < 4.78 is 5.16. The van der Waals surface area contributed by atoms with Crippen molar-refractivity contribution in [2.24, 2.45) is 0 Å². The summed E-state index contributed by atoms with van der Waals surface area (Å²) >= 11 is 1.31. The zero-order valence-corrected chi connectivity index (χ0v) is 11.9. The van der Waals surface area contributed by atoms with Crippen molar-refractivity contribution < 1.29 is 14.3 Å². The maximum absolute atomic E-state index is 11.9. The van der Waals surface area contributed by atoms with E-state index < -0.39 is 12.1 Å². The van der Waals surface area contributed by atoms with Gasteiger partial charge in [0.05, 0.1) is 0 Å². The molecule has 0 bridgehead atoms. The molecule has 0 saturated heterocycles. The van der Waals surface area contributed by atoms with Gasteiger partial charge in [0.25, 0.3) is 5.91 Å². The minimum absolute atomic E-state index is 0.197. The molecule has 0 unspecified atom stereocenters. The molecule has 0 aliphatic heterocycles. The maximum Gasteiger partial charge on any atom is 0.349 e. The highest BCUT2D eigenvalue weighted by Crippen LogP contribution is 2.17. The predicted octanol–water partition coefficient (Wildman–Crippen LogP) is 2.74. The van der Waals surface area contributed by atoms with Crippen LogP contribution in [-0.4, -0.2) is 24.0 Å². The van der Waals surface area contributed by atoms with Crippen LogP contribution >= 0.6 is 11.3 Å². The van der Waals surface area contributed by atoms with Crippen LogP contribution in [0.3, 0.4) is 0 Å². The van der Waals surface area contributed by atoms with Crippen molar-refractivity contribution in [3.63, 3.8) is 0 Å². The second-order valence-corrected chi connectivity index (χ2v) is 5.82. The standard InChI is InChI=1S/C14H19NO3S/c1-10(18-14(17)12-8-5-9-19-12)13(16)15-11-6-3-2-4-7-11/h5,8-11H,2-4,6-7H2,1H3,(H,15,16)/t10-/m0/s1. The molecule has 0 spiro atoms. The Labute approximate surface area is 117 Å². The Morgan fingerprint density at radius 1 is 1.37 bits per heavy atom. The number of carbonyl (C=O) groups is 2. The molecule has 1 atom stereocenters. The van der Waals surface area contributed by atoms with E-state index in [1.165, 1.54) is 17.8 Å². The van der Waals surface area contributed by atoms with E-state index in [0.717, 1.165) is 25.7 Å². The highest BCUT2D eigenvalue weighted by atomic mass is 32.1. The molecule has 5 heteroatoms. The highest BCUT2D eigenvalue weighted by molar-refractivity contribution is 7.11. The molecule has 1 aliphatic carbocycles. The van der Waals surface area contributed by atoms with E-state index in [0.29, 0.717) is 4.88 Å². The Bertz CT molecular complexity index is 424. The molecule has 1 aromatic heterocycles. The van der Waals surface area contributed by atoms with Crippen molar-refractivity contribution >= 4 is 23.2 Å². The monoisotopic (exact) mass is 281 g/mol.